The van der Waals surface area contributed by atoms with Crippen molar-refractivity contribution in [1.82, 2.24) is 15.0 Å². The molecular weight excluding hydrogens is 427 g/mol. The molecule has 0 atom stereocenters. The van der Waals surface area contributed by atoms with Crippen molar-refractivity contribution in [2.45, 2.75) is 44.3 Å². The largest absolute Gasteiger partial charge is 0.416 e. The van der Waals surface area contributed by atoms with Crippen LogP contribution in [-0.4, -0.2) is 21.0 Å². The SMILES string of the molecule is FC(F)(F)c1ccc(Nc2cc(-c3ccncc3)nc(NC3CCCCC3)n2)c(Cl)c1. The molecule has 1 aliphatic carbocycles. The Kier molecular flexibility index (Phi) is 6.27. The van der Waals surface area contributed by atoms with Crippen LogP contribution in [0.25, 0.3) is 11.3 Å². The molecule has 2 heterocycles. The Hall–Kier alpha value is -2.87. The summed E-state index contributed by atoms with van der Waals surface area (Å²) in [4.78, 5) is 13.2. The molecule has 3 aromatic rings. The third kappa shape index (κ3) is 5.44. The van der Waals surface area contributed by atoms with Gasteiger partial charge in [-0.2, -0.15) is 18.2 Å². The highest BCUT2D eigenvalue weighted by Crippen LogP contribution is 2.35. The first-order valence-corrected chi connectivity index (χ1v) is 10.5. The first-order chi connectivity index (χ1) is 14.9. The summed E-state index contributed by atoms with van der Waals surface area (Å²) in [6, 6.07) is 8.88. The molecule has 4 rings (SSSR count). The maximum Gasteiger partial charge on any atom is 0.416 e. The Balaban J connectivity index is 1.65. The number of benzene rings is 1. The van der Waals surface area contributed by atoms with E-state index in [0.29, 0.717) is 29.2 Å². The molecule has 0 unspecified atom stereocenters. The van der Waals surface area contributed by atoms with Crippen molar-refractivity contribution in [3.8, 4) is 11.3 Å². The molecule has 162 valence electrons. The summed E-state index contributed by atoms with van der Waals surface area (Å²) in [5.74, 6) is 0.897. The van der Waals surface area contributed by atoms with E-state index < -0.39 is 11.7 Å². The van der Waals surface area contributed by atoms with Crippen LogP contribution in [-0.2, 0) is 6.18 Å². The van der Waals surface area contributed by atoms with Crippen LogP contribution in [0.1, 0.15) is 37.7 Å². The van der Waals surface area contributed by atoms with Crippen molar-refractivity contribution in [3.63, 3.8) is 0 Å². The number of aromatic nitrogens is 3. The van der Waals surface area contributed by atoms with Gasteiger partial charge < -0.3 is 10.6 Å². The van der Waals surface area contributed by atoms with Crippen molar-refractivity contribution in [3.05, 3.63) is 59.4 Å². The fraction of sp³-hybridized carbons (Fsp3) is 0.318. The average molecular weight is 448 g/mol. The molecule has 0 aliphatic heterocycles. The first kappa shape index (κ1) is 21.4. The average Bonchev–Trinajstić information content (AvgIpc) is 2.76. The third-order valence-electron chi connectivity index (χ3n) is 5.20. The molecule has 1 saturated carbocycles. The fourth-order valence-corrected chi connectivity index (χ4v) is 3.83. The lowest BCUT2D eigenvalue weighted by atomic mass is 9.96. The third-order valence-corrected chi connectivity index (χ3v) is 5.51. The smallest absolute Gasteiger partial charge is 0.351 e. The van der Waals surface area contributed by atoms with E-state index in [4.69, 9.17) is 11.6 Å². The Morgan fingerprint density at radius 2 is 1.68 bits per heavy atom. The van der Waals surface area contributed by atoms with Gasteiger partial charge in [0.2, 0.25) is 5.95 Å². The molecule has 0 bridgehead atoms. The van der Waals surface area contributed by atoms with Crippen LogP contribution < -0.4 is 10.6 Å². The molecule has 31 heavy (non-hydrogen) atoms. The highest BCUT2D eigenvalue weighted by molar-refractivity contribution is 6.33. The van der Waals surface area contributed by atoms with Gasteiger partial charge in [0.15, 0.2) is 0 Å². The predicted octanol–water partition coefficient (Wildman–Crippen LogP) is 6.70. The van der Waals surface area contributed by atoms with Gasteiger partial charge in [-0.05, 0) is 43.2 Å². The predicted molar refractivity (Wildman–Crippen MR) is 115 cm³/mol. The number of hydrogen-bond acceptors (Lipinski definition) is 5. The number of nitrogens with one attached hydrogen (secondary N) is 2. The molecule has 1 aliphatic rings. The molecule has 2 N–H and O–H groups in total. The number of alkyl halides is 3. The van der Waals surface area contributed by atoms with Gasteiger partial charge in [0.1, 0.15) is 5.82 Å². The van der Waals surface area contributed by atoms with Crippen molar-refractivity contribution >= 4 is 29.1 Å². The number of rotatable bonds is 5. The minimum absolute atomic E-state index is 0.0410. The van der Waals surface area contributed by atoms with Gasteiger partial charge in [-0.15, -0.1) is 0 Å². The zero-order valence-corrected chi connectivity index (χ0v) is 17.3. The summed E-state index contributed by atoms with van der Waals surface area (Å²) in [5, 5.41) is 6.39. The lowest BCUT2D eigenvalue weighted by Crippen LogP contribution is -2.23. The summed E-state index contributed by atoms with van der Waals surface area (Å²) in [7, 11) is 0. The summed E-state index contributed by atoms with van der Waals surface area (Å²) >= 11 is 6.11. The molecule has 9 heteroatoms. The van der Waals surface area contributed by atoms with Gasteiger partial charge in [0, 0.05) is 30.1 Å². The van der Waals surface area contributed by atoms with Crippen LogP contribution in [0.4, 0.5) is 30.6 Å². The Labute approximate surface area is 183 Å². The van der Waals surface area contributed by atoms with Gasteiger partial charge in [-0.3, -0.25) is 4.98 Å². The molecule has 1 fully saturated rings. The van der Waals surface area contributed by atoms with Crippen molar-refractivity contribution < 1.29 is 13.2 Å². The van der Waals surface area contributed by atoms with Gasteiger partial charge in [0.25, 0.3) is 0 Å². The summed E-state index contributed by atoms with van der Waals surface area (Å²) in [6.45, 7) is 0. The molecule has 0 amide bonds. The molecule has 1 aromatic carbocycles. The van der Waals surface area contributed by atoms with Crippen molar-refractivity contribution in [2.75, 3.05) is 10.6 Å². The van der Waals surface area contributed by atoms with Gasteiger partial charge in [-0.25, -0.2) is 4.98 Å². The molecular formula is C22H21ClF3N5. The number of pyridine rings is 1. The molecule has 0 spiro atoms. The summed E-state index contributed by atoms with van der Waals surface area (Å²) < 4.78 is 38.8. The monoisotopic (exact) mass is 447 g/mol. The highest BCUT2D eigenvalue weighted by atomic mass is 35.5. The second kappa shape index (κ2) is 9.09. The number of nitrogens with zero attached hydrogens (tertiary/aromatic N) is 3. The maximum absolute atomic E-state index is 12.9. The Morgan fingerprint density at radius 3 is 2.35 bits per heavy atom. The standard InChI is InChI=1S/C22H21ClF3N5/c23-17-12-15(22(24,25)26)6-7-18(17)29-20-13-19(14-8-10-27-11-9-14)30-21(31-20)28-16-4-2-1-3-5-16/h6-13,16H,1-5H2,(H2,28,29,30,31). The van der Waals surface area contributed by atoms with Crippen molar-refractivity contribution in [1.29, 1.82) is 0 Å². The lowest BCUT2D eigenvalue weighted by molar-refractivity contribution is -0.137. The lowest BCUT2D eigenvalue weighted by Gasteiger charge is -2.23. The highest BCUT2D eigenvalue weighted by Gasteiger charge is 2.31. The van der Waals surface area contributed by atoms with Crippen LogP contribution >= 0.6 is 11.6 Å². The minimum atomic E-state index is -4.46. The molecule has 0 radical (unpaired) electrons. The van der Waals surface area contributed by atoms with E-state index >= 15 is 0 Å². The van der Waals surface area contributed by atoms with Crippen LogP contribution in [0.2, 0.25) is 5.02 Å². The molecule has 0 saturated heterocycles. The van der Waals surface area contributed by atoms with Crippen LogP contribution in [0.15, 0.2) is 48.8 Å². The number of anilines is 3. The zero-order chi connectivity index (χ0) is 21.8. The second-order valence-corrected chi connectivity index (χ2v) is 7.90. The van der Waals surface area contributed by atoms with Crippen LogP contribution in [0, 0.1) is 0 Å². The minimum Gasteiger partial charge on any atom is -0.351 e. The Morgan fingerprint density at radius 1 is 0.935 bits per heavy atom. The van der Waals surface area contributed by atoms with E-state index in [1.165, 1.54) is 12.5 Å². The quantitative estimate of drug-likeness (QED) is 0.455. The maximum atomic E-state index is 12.9. The van der Waals surface area contributed by atoms with Crippen LogP contribution in [0.5, 0.6) is 0 Å². The fourth-order valence-electron chi connectivity index (χ4n) is 3.61. The van der Waals surface area contributed by atoms with E-state index in [0.717, 1.165) is 43.4 Å². The van der Waals surface area contributed by atoms with Gasteiger partial charge in [0.05, 0.1) is 22.0 Å². The van der Waals surface area contributed by atoms with E-state index in [2.05, 4.69) is 25.6 Å². The molecule has 5 nitrogen and oxygen atoms in total. The van der Waals surface area contributed by atoms with Crippen molar-refractivity contribution in [2.24, 2.45) is 0 Å². The normalized spacial score (nSPS) is 15.0. The topological polar surface area (TPSA) is 62.7 Å². The van der Waals surface area contributed by atoms with Gasteiger partial charge in [-0.1, -0.05) is 30.9 Å². The van der Waals surface area contributed by atoms with Gasteiger partial charge >= 0.3 is 6.18 Å². The van der Waals surface area contributed by atoms with E-state index in [-0.39, 0.29) is 5.02 Å². The molecule has 2 aromatic heterocycles. The van der Waals surface area contributed by atoms with E-state index in [9.17, 15) is 13.2 Å². The second-order valence-electron chi connectivity index (χ2n) is 7.49. The van der Waals surface area contributed by atoms with Crippen LogP contribution in [0.3, 0.4) is 0 Å². The zero-order valence-electron chi connectivity index (χ0n) is 16.6. The number of halogens is 4. The van der Waals surface area contributed by atoms with E-state index in [1.807, 2.05) is 12.1 Å². The number of hydrogen-bond donors (Lipinski definition) is 2. The Bertz CT molecular complexity index is 1040. The summed E-state index contributed by atoms with van der Waals surface area (Å²) in [6.07, 6.45) is 4.55. The summed E-state index contributed by atoms with van der Waals surface area (Å²) in [5.41, 5.74) is 1.05. The van der Waals surface area contributed by atoms with E-state index in [1.54, 1.807) is 18.5 Å². The first-order valence-electron chi connectivity index (χ1n) is 10.1.